The van der Waals surface area contributed by atoms with Crippen LogP contribution in [0.15, 0.2) is 0 Å². The maximum absolute atomic E-state index is 11.1. The van der Waals surface area contributed by atoms with E-state index in [4.69, 9.17) is 5.73 Å². The van der Waals surface area contributed by atoms with Crippen LogP contribution in [-0.4, -0.2) is 38.9 Å². The molecule has 11 heavy (non-hydrogen) atoms. The molecular weight excluding hydrogens is 166 g/mol. The molecule has 1 aliphatic rings. The van der Waals surface area contributed by atoms with Crippen LogP contribution in [0, 0.1) is 0 Å². The number of hydrogen-bond donors (Lipinski definition) is 2. The highest BCUT2D eigenvalue weighted by Gasteiger charge is 2.37. The Balaban J connectivity index is 2.48. The summed E-state index contributed by atoms with van der Waals surface area (Å²) in [6.07, 6.45) is 0.743. The van der Waals surface area contributed by atoms with Gasteiger partial charge in [-0.2, -0.15) is 17.4 Å². The van der Waals surface area contributed by atoms with Crippen LogP contribution in [-0.2, 0) is 10.2 Å². The van der Waals surface area contributed by atoms with Crippen molar-refractivity contribution in [2.24, 2.45) is 5.73 Å². The second kappa shape index (κ2) is 2.71. The zero-order chi connectivity index (χ0) is 8.65. The van der Waals surface area contributed by atoms with E-state index < -0.39 is 10.2 Å². The first-order chi connectivity index (χ1) is 4.93. The minimum absolute atomic E-state index is 0.00437. The van der Waals surface area contributed by atoms with Crippen molar-refractivity contribution in [1.82, 2.24) is 9.03 Å². The van der Waals surface area contributed by atoms with Gasteiger partial charge in [0.2, 0.25) is 0 Å². The molecule has 0 amide bonds. The third kappa shape index (κ3) is 2.13. The zero-order valence-corrected chi connectivity index (χ0v) is 7.43. The van der Waals surface area contributed by atoms with Crippen LogP contribution in [0.5, 0.6) is 0 Å². The van der Waals surface area contributed by atoms with Gasteiger partial charge < -0.3 is 5.73 Å². The van der Waals surface area contributed by atoms with Crippen molar-refractivity contribution in [3.05, 3.63) is 0 Å². The van der Waals surface area contributed by atoms with E-state index in [0.29, 0.717) is 0 Å². The zero-order valence-electron chi connectivity index (χ0n) is 6.61. The lowest BCUT2D eigenvalue weighted by Gasteiger charge is -2.11. The van der Waals surface area contributed by atoms with Gasteiger partial charge >= 0.3 is 0 Å². The van der Waals surface area contributed by atoms with Gasteiger partial charge in [-0.05, 0) is 6.42 Å². The number of hydrogen-bond acceptors (Lipinski definition) is 3. The van der Waals surface area contributed by atoms with Crippen molar-refractivity contribution in [1.29, 1.82) is 0 Å². The molecule has 0 bridgehead atoms. The Morgan fingerprint density at radius 3 is 2.27 bits per heavy atom. The van der Waals surface area contributed by atoms with Gasteiger partial charge in [-0.3, -0.25) is 0 Å². The Kier molecular flexibility index (Phi) is 2.19. The topological polar surface area (TPSA) is 75.4 Å². The SMILES string of the molecule is CN(C)S(=O)(=O)NC1CC1N. The summed E-state index contributed by atoms with van der Waals surface area (Å²) in [6.45, 7) is 0. The Hall–Kier alpha value is -0.170. The number of rotatable bonds is 3. The van der Waals surface area contributed by atoms with Gasteiger partial charge in [-0.25, -0.2) is 0 Å². The van der Waals surface area contributed by atoms with Gasteiger partial charge in [0.15, 0.2) is 0 Å². The second-order valence-corrected chi connectivity index (χ2v) is 4.83. The molecule has 0 aromatic rings. The standard InChI is InChI=1S/C5H13N3O2S/c1-8(2)11(9,10)7-5-3-4(5)6/h4-5,7H,3,6H2,1-2H3. The molecule has 0 saturated heterocycles. The highest BCUT2D eigenvalue weighted by Crippen LogP contribution is 2.18. The van der Waals surface area contributed by atoms with Crippen LogP contribution in [0.4, 0.5) is 0 Å². The first-order valence-electron chi connectivity index (χ1n) is 3.39. The lowest BCUT2D eigenvalue weighted by molar-refractivity contribution is 0.504. The predicted octanol–water partition coefficient (Wildman–Crippen LogP) is -1.52. The van der Waals surface area contributed by atoms with Gasteiger partial charge in [0.05, 0.1) is 0 Å². The molecule has 0 aromatic heterocycles. The minimum atomic E-state index is -3.26. The number of nitrogens with two attached hydrogens (primary N) is 1. The molecule has 0 aromatic carbocycles. The lowest BCUT2D eigenvalue weighted by Crippen LogP contribution is -2.38. The summed E-state index contributed by atoms with van der Waals surface area (Å²) in [7, 11) is -0.300. The molecule has 3 N–H and O–H groups in total. The van der Waals surface area contributed by atoms with E-state index in [-0.39, 0.29) is 12.1 Å². The summed E-state index contributed by atoms with van der Waals surface area (Å²) < 4.78 is 25.8. The van der Waals surface area contributed by atoms with Gasteiger partial charge in [-0.1, -0.05) is 0 Å². The second-order valence-electron chi connectivity index (χ2n) is 2.91. The maximum Gasteiger partial charge on any atom is 0.279 e. The molecule has 0 radical (unpaired) electrons. The Bertz CT molecular complexity index is 236. The van der Waals surface area contributed by atoms with Gasteiger partial charge in [0.25, 0.3) is 10.2 Å². The smallest absolute Gasteiger partial charge is 0.279 e. The monoisotopic (exact) mass is 179 g/mol. The molecule has 0 aliphatic heterocycles. The van der Waals surface area contributed by atoms with Gasteiger partial charge in [0.1, 0.15) is 0 Å². The van der Waals surface area contributed by atoms with Crippen molar-refractivity contribution < 1.29 is 8.42 Å². The third-order valence-electron chi connectivity index (χ3n) is 1.62. The van der Waals surface area contributed by atoms with Crippen LogP contribution >= 0.6 is 0 Å². The van der Waals surface area contributed by atoms with E-state index in [1.54, 1.807) is 0 Å². The van der Waals surface area contributed by atoms with E-state index >= 15 is 0 Å². The van der Waals surface area contributed by atoms with E-state index in [1.807, 2.05) is 0 Å². The first kappa shape index (κ1) is 8.92. The molecule has 1 fully saturated rings. The van der Waals surface area contributed by atoms with Gasteiger partial charge in [-0.15, -0.1) is 0 Å². The minimum Gasteiger partial charge on any atom is -0.326 e. The normalized spacial score (nSPS) is 30.9. The summed E-state index contributed by atoms with van der Waals surface area (Å²) in [6, 6.07) is -0.0490. The molecule has 1 rings (SSSR count). The van der Waals surface area contributed by atoms with Gasteiger partial charge in [0, 0.05) is 26.2 Å². The molecular formula is C5H13N3O2S. The van der Waals surface area contributed by atoms with Crippen LogP contribution in [0.25, 0.3) is 0 Å². The van der Waals surface area contributed by atoms with E-state index in [2.05, 4.69) is 4.72 Å². The molecule has 1 saturated carbocycles. The van der Waals surface area contributed by atoms with Crippen LogP contribution in [0.2, 0.25) is 0 Å². The van der Waals surface area contributed by atoms with E-state index in [1.165, 1.54) is 14.1 Å². The molecule has 66 valence electrons. The Morgan fingerprint density at radius 1 is 1.55 bits per heavy atom. The quantitative estimate of drug-likeness (QED) is 0.552. The fraction of sp³-hybridized carbons (Fsp3) is 1.00. The summed E-state index contributed by atoms with van der Waals surface area (Å²) in [5, 5.41) is 0. The van der Waals surface area contributed by atoms with Crippen molar-refractivity contribution >= 4 is 10.2 Å². The maximum atomic E-state index is 11.1. The molecule has 2 atom stereocenters. The van der Waals surface area contributed by atoms with E-state index in [0.717, 1.165) is 10.7 Å². The summed E-state index contributed by atoms with van der Waals surface area (Å²) in [4.78, 5) is 0. The molecule has 2 unspecified atom stereocenters. The number of nitrogens with one attached hydrogen (secondary N) is 1. The van der Waals surface area contributed by atoms with Crippen molar-refractivity contribution in [3.63, 3.8) is 0 Å². The average Bonchev–Trinajstić information content (AvgIpc) is 2.45. The van der Waals surface area contributed by atoms with Crippen molar-refractivity contribution in [3.8, 4) is 0 Å². The fourth-order valence-corrected chi connectivity index (χ4v) is 1.51. The highest BCUT2D eigenvalue weighted by molar-refractivity contribution is 7.87. The Morgan fingerprint density at radius 2 is 2.00 bits per heavy atom. The van der Waals surface area contributed by atoms with Crippen LogP contribution in [0.3, 0.4) is 0 Å². The summed E-state index contributed by atoms with van der Waals surface area (Å²) in [5.41, 5.74) is 5.43. The van der Waals surface area contributed by atoms with Crippen molar-refractivity contribution in [2.45, 2.75) is 18.5 Å². The largest absolute Gasteiger partial charge is 0.326 e. The Labute approximate surface area is 66.7 Å². The molecule has 6 heteroatoms. The highest BCUT2D eigenvalue weighted by atomic mass is 32.2. The summed E-state index contributed by atoms with van der Waals surface area (Å²) in [5.74, 6) is 0. The molecule has 0 spiro atoms. The fourth-order valence-electron chi connectivity index (χ4n) is 0.647. The predicted molar refractivity (Wildman–Crippen MR) is 42.1 cm³/mol. The molecule has 5 nitrogen and oxygen atoms in total. The van der Waals surface area contributed by atoms with Crippen molar-refractivity contribution in [2.75, 3.05) is 14.1 Å². The van der Waals surface area contributed by atoms with Crippen LogP contribution in [0.1, 0.15) is 6.42 Å². The lowest BCUT2D eigenvalue weighted by atomic mass is 10.7. The summed E-state index contributed by atoms with van der Waals surface area (Å²) >= 11 is 0. The average molecular weight is 179 g/mol. The number of nitrogens with zero attached hydrogens (tertiary/aromatic N) is 1. The third-order valence-corrected chi connectivity index (χ3v) is 3.18. The molecule has 1 aliphatic carbocycles. The first-order valence-corrected chi connectivity index (χ1v) is 4.83. The molecule has 0 heterocycles. The van der Waals surface area contributed by atoms with E-state index in [9.17, 15) is 8.42 Å². The van der Waals surface area contributed by atoms with Crippen LogP contribution < -0.4 is 10.5 Å².